The molecule has 6 heteroatoms. The zero-order chi connectivity index (χ0) is 16.8. The number of imide groups is 1. The van der Waals surface area contributed by atoms with Crippen molar-refractivity contribution < 1.29 is 19.1 Å². The summed E-state index contributed by atoms with van der Waals surface area (Å²) in [7, 11) is 2.93. The highest BCUT2D eigenvalue weighted by atomic mass is 16.5. The number of carbonyl (C=O) groups is 2. The Kier molecular flexibility index (Phi) is 5.51. The fourth-order valence-corrected chi connectivity index (χ4v) is 2.41. The Hall–Kier alpha value is -2.63. The van der Waals surface area contributed by atoms with Crippen molar-refractivity contribution in [2.45, 2.75) is 19.3 Å². The number of hydrogen-bond donors (Lipinski definition) is 1. The topological polar surface area (TPSA) is 79.7 Å². The molecule has 1 aromatic rings. The highest BCUT2D eigenvalue weighted by molar-refractivity contribution is 6.03. The van der Waals surface area contributed by atoms with Gasteiger partial charge in [-0.15, -0.1) is 0 Å². The third-order valence-electron chi connectivity index (χ3n) is 3.68. The fraction of sp³-hybridized carbons (Fsp3) is 0.353. The van der Waals surface area contributed by atoms with Gasteiger partial charge in [-0.2, -0.15) is 0 Å². The van der Waals surface area contributed by atoms with Gasteiger partial charge in [0.15, 0.2) is 0 Å². The molecule has 6 nitrogen and oxygen atoms in total. The van der Waals surface area contributed by atoms with Gasteiger partial charge < -0.3 is 9.47 Å². The lowest BCUT2D eigenvalue weighted by atomic mass is 10.1. The number of nitrogens with zero attached hydrogens (tertiary/aromatic N) is 1. The average Bonchev–Trinajstić information content (AvgIpc) is 2.59. The van der Waals surface area contributed by atoms with Gasteiger partial charge in [0.1, 0.15) is 5.75 Å². The van der Waals surface area contributed by atoms with Crippen LogP contribution in [-0.2, 0) is 14.3 Å². The van der Waals surface area contributed by atoms with E-state index in [4.69, 9.17) is 14.9 Å². The first-order valence-electron chi connectivity index (χ1n) is 7.40. The molecule has 1 aliphatic heterocycles. The summed E-state index contributed by atoms with van der Waals surface area (Å²) in [6.45, 7) is 0.476. The first-order valence-corrected chi connectivity index (χ1v) is 7.40. The SMILES string of the molecule is COC(=N)c1cc(/C=C/C(=O)N2CCCCC2=O)ccc1OC. The number of rotatable bonds is 4. The van der Waals surface area contributed by atoms with Crippen LogP contribution in [0.15, 0.2) is 24.3 Å². The summed E-state index contributed by atoms with van der Waals surface area (Å²) in [6.07, 6.45) is 5.12. The second-order valence-corrected chi connectivity index (χ2v) is 5.17. The van der Waals surface area contributed by atoms with Crippen LogP contribution in [0.5, 0.6) is 5.75 Å². The molecule has 122 valence electrons. The average molecular weight is 316 g/mol. The Balaban J connectivity index is 2.17. The van der Waals surface area contributed by atoms with Gasteiger partial charge in [0, 0.05) is 19.0 Å². The van der Waals surface area contributed by atoms with Gasteiger partial charge in [0.05, 0.1) is 19.8 Å². The summed E-state index contributed by atoms with van der Waals surface area (Å²) in [6, 6.07) is 5.18. The van der Waals surface area contributed by atoms with E-state index in [1.54, 1.807) is 24.3 Å². The van der Waals surface area contributed by atoms with Crippen LogP contribution in [0.1, 0.15) is 30.4 Å². The molecule has 0 bridgehead atoms. The quantitative estimate of drug-likeness (QED) is 0.525. The van der Waals surface area contributed by atoms with E-state index in [1.165, 1.54) is 25.2 Å². The zero-order valence-corrected chi connectivity index (χ0v) is 13.3. The van der Waals surface area contributed by atoms with Crippen LogP contribution in [0.2, 0.25) is 0 Å². The minimum Gasteiger partial charge on any atom is -0.496 e. The smallest absolute Gasteiger partial charge is 0.253 e. The molecule has 2 rings (SSSR count). The lowest BCUT2D eigenvalue weighted by molar-refractivity contribution is -0.143. The number of hydrogen-bond acceptors (Lipinski definition) is 5. The van der Waals surface area contributed by atoms with E-state index in [2.05, 4.69) is 0 Å². The third kappa shape index (κ3) is 3.97. The molecule has 0 saturated carbocycles. The van der Waals surface area contributed by atoms with Gasteiger partial charge in [-0.3, -0.25) is 19.9 Å². The van der Waals surface area contributed by atoms with Gasteiger partial charge in [-0.25, -0.2) is 0 Å². The van der Waals surface area contributed by atoms with Crippen molar-refractivity contribution in [3.05, 3.63) is 35.4 Å². The van der Waals surface area contributed by atoms with E-state index in [9.17, 15) is 9.59 Å². The lowest BCUT2D eigenvalue weighted by Gasteiger charge is -2.23. The Morgan fingerprint density at radius 3 is 2.74 bits per heavy atom. The van der Waals surface area contributed by atoms with Crippen LogP contribution < -0.4 is 4.74 Å². The molecule has 1 fully saturated rings. The molecule has 1 N–H and O–H groups in total. The highest BCUT2D eigenvalue weighted by Gasteiger charge is 2.22. The van der Waals surface area contributed by atoms with Crippen LogP contribution in [0.25, 0.3) is 6.08 Å². The van der Waals surface area contributed by atoms with Crippen molar-refractivity contribution in [2.75, 3.05) is 20.8 Å². The van der Waals surface area contributed by atoms with Gasteiger partial charge in [-0.05, 0) is 36.6 Å². The molecular weight excluding hydrogens is 296 g/mol. The second kappa shape index (κ2) is 7.58. The standard InChI is InChI=1S/C17H20N2O4/c1-22-14-8-6-12(11-13(14)17(18)23-2)7-9-16(21)19-10-4-3-5-15(19)20/h6-9,11,18H,3-5,10H2,1-2H3/b9-7+,18-17?. The Morgan fingerprint density at radius 2 is 2.09 bits per heavy atom. The van der Waals surface area contributed by atoms with E-state index in [0.29, 0.717) is 24.3 Å². The molecule has 0 radical (unpaired) electrons. The lowest BCUT2D eigenvalue weighted by Crippen LogP contribution is -2.39. The maximum absolute atomic E-state index is 12.1. The number of ether oxygens (including phenoxy) is 2. The van der Waals surface area contributed by atoms with Crippen molar-refractivity contribution >= 4 is 23.8 Å². The fourth-order valence-electron chi connectivity index (χ4n) is 2.41. The van der Waals surface area contributed by atoms with Gasteiger partial charge in [0.25, 0.3) is 5.91 Å². The van der Waals surface area contributed by atoms with Crippen LogP contribution >= 0.6 is 0 Å². The molecule has 0 unspecified atom stereocenters. The number of amides is 2. The summed E-state index contributed by atoms with van der Waals surface area (Å²) in [4.78, 5) is 25.1. The monoisotopic (exact) mass is 316 g/mol. The van der Waals surface area contributed by atoms with Crippen molar-refractivity contribution in [3.63, 3.8) is 0 Å². The molecule has 0 atom stereocenters. The summed E-state index contributed by atoms with van der Waals surface area (Å²) >= 11 is 0. The van der Waals surface area contributed by atoms with E-state index in [1.807, 2.05) is 0 Å². The van der Waals surface area contributed by atoms with Crippen molar-refractivity contribution in [3.8, 4) is 5.75 Å². The molecule has 0 aliphatic carbocycles. The van der Waals surface area contributed by atoms with Gasteiger partial charge >= 0.3 is 0 Å². The largest absolute Gasteiger partial charge is 0.496 e. The number of likely N-dealkylation sites (tertiary alicyclic amines) is 1. The first kappa shape index (κ1) is 16.7. The highest BCUT2D eigenvalue weighted by Crippen LogP contribution is 2.21. The van der Waals surface area contributed by atoms with Crippen LogP contribution in [-0.4, -0.2) is 43.4 Å². The van der Waals surface area contributed by atoms with E-state index < -0.39 is 0 Å². The molecule has 2 amide bonds. The predicted octanol–water partition coefficient (Wildman–Crippen LogP) is 2.22. The Morgan fingerprint density at radius 1 is 1.30 bits per heavy atom. The molecule has 0 spiro atoms. The zero-order valence-electron chi connectivity index (χ0n) is 13.3. The summed E-state index contributed by atoms with van der Waals surface area (Å²) < 4.78 is 10.1. The van der Waals surface area contributed by atoms with Gasteiger partial charge in [0.2, 0.25) is 11.8 Å². The van der Waals surface area contributed by atoms with Crippen LogP contribution in [0.4, 0.5) is 0 Å². The number of nitrogens with one attached hydrogen (secondary N) is 1. The van der Waals surface area contributed by atoms with E-state index in [0.717, 1.165) is 18.4 Å². The molecule has 23 heavy (non-hydrogen) atoms. The molecule has 0 aromatic heterocycles. The predicted molar refractivity (Wildman–Crippen MR) is 86.4 cm³/mol. The maximum atomic E-state index is 12.1. The van der Waals surface area contributed by atoms with Crippen molar-refractivity contribution in [2.24, 2.45) is 0 Å². The minimum absolute atomic E-state index is 0.0189. The first-order chi connectivity index (χ1) is 11.1. The molecule has 1 saturated heterocycles. The van der Waals surface area contributed by atoms with Crippen molar-refractivity contribution in [1.29, 1.82) is 5.41 Å². The third-order valence-corrected chi connectivity index (χ3v) is 3.68. The van der Waals surface area contributed by atoms with E-state index >= 15 is 0 Å². The van der Waals surface area contributed by atoms with Crippen LogP contribution in [0.3, 0.4) is 0 Å². The minimum atomic E-state index is -0.311. The van der Waals surface area contributed by atoms with E-state index in [-0.39, 0.29) is 17.7 Å². The molecule has 1 aliphatic rings. The Labute approximate surface area is 135 Å². The summed E-state index contributed by atoms with van der Waals surface area (Å²) in [5.74, 6) is 0.0672. The Bertz CT molecular complexity index is 652. The van der Waals surface area contributed by atoms with Gasteiger partial charge in [-0.1, -0.05) is 6.07 Å². The normalized spacial score (nSPS) is 14.9. The van der Waals surface area contributed by atoms with Crippen LogP contribution in [0, 0.1) is 5.41 Å². The summed E-state index contributed by atoms with van der Waals surface area (Å²) in [5.41, 5.74) is 1.22. The summed E-state index contributed by atoms with van der Waals surface area (Å²) in [5, 5.41) is 7.78. The maximum Gasteiger partial charge on any atom is 0.253 e. The second-order valence-electron chi connectivity index (χ2n) is 5.17. The molecule has 1 aromatic carbocycles. The number of piperidine rings is 1. The number of carbonyl (C=O) groups excluding carboxylic acids is 2. The number of methoxy groups -OCH3 is 2. The van der Waals surface area contributed by atoms with Crippen molar-refractivity contribution in [1.82, 2.24) is 4.90 Å². The molecular formula is C17H20N2O4. The molecule has 1 heterocycles. The number of benzene rings is 1.